The number of aliphatic imine (C=N–C) groups is 1. The van der Waals surface area contributed by atoms with Crippen LogP contribution in [0.1, 0.15) is 50.7 Å². The van der Waals surface area contributed by atoms with Gasteiger partial charge in [-0.3, -0.25) is 4.79 Å². The number of carbonyl (C=O) groups excluding carboxylic acids is 1. The minimum atomic E-state index is -0.310. The van der Waals surface area contributed by atoms with Gasteiger partial charge < -0.3 is 20.1 Å². The fourth-order valence-electron chi connectivity index (χ4n) is 4.06. The minimum Gasteiger partial charge on any atom is -0.357 e. The van der Waals surface area contributed by atoms with E-state index in [1.54, 1.807) is 4.90 Å². The van der Waals surface area contributed by atoms with Gasteiger partial charge in [0.2, 0.25) is 5.91 Å². The molecule has 1 aromatic rings. The summed E-state index contributed by atoms with van der Waals surface area (Å²) < 4.78 is 2.17. The summed E-state index contributed by atoms with van der Waals surface area (Å²) in [5, 5.41) is 15.2. The molecule has 0 atom stereocenters. The van der Waals surface area contributed by atoms with Crippen LogP contribution in [0.15, 0.2) is 4.99 Å². The monoisotopic (exact) mass is 361 g/mol. The molecule has 8 nitrogen and oxygen atoms in total. The molecule has 1 saturated carbocycles. The Bertz CT molecular complexity index is 658. The average Bonchev–Trinajstić information content (AvgIpc) is 3.34. The number of nitrogens with one attached hydrogen (secondary N) is 2. The second kappa shape index (κ2) is 8.05. The Hall–Kier alpha value is -2.12. The Balaban J connectivity index is 1.66. The van der Waals surface area contributed by atoms with Crippen LogP contribution in [0, 0.1) is 5.41 Å². The van der Waals surface area contributed by atoms with Crippen LogP contribution >= 0.6 is 0 Å². The topological polar surface area (TPSA) is 87.4 Å². The Morgan fingerprint density at radius 1 is 1.23 bits per heavy atom. The number of amides is 1. The van der Waals surface area contributed by atoms with Gasteiger partial charge in [0.15, 0.2) is 11.8 Å². The Morgan fingerprint density at radius 3 is 2.69 bits per heavy atom. The van der Waals surface area contributed by atoms with Crippen LogP contribution in [0.2, 0.25) is 0 Å². The van der Waals surface area contributed by atoms with E-state index in [9.17, 15) is 4.79 Å². The summed E-state index contributed by atoms with van der Waals surface area (Å²) in [5.74, 6) is 2.93. The summed E-state index contributed by atoms with van der Waals surface area (Å²) in [6.45, 7) is 4.92. The standard InChI is InChI=1S/C18H31N7O/c1-4-19-17(20-12-15-23-22-14-8-7-11-25(14)15)21-13-18(9-5-6-10-18)16(26)24(2)3/h4-13H2,1-3H3,(H2,19,20,21). The van der Waals surface area contributed by atoms with Gasteiger partial charge in [-0.25, -0.2) is 4.99 Å². The highest BCUT2D eigenvalue weighted by molar-refractivity contribution is 5.85. The predicted molar refractivity (Wildman–Crippen MR) is 101 cm³/mol. The van der Waals surface area contributed by atoms with Crippen molar-refractivity contribution in [3.05, 3.63) is 11.6 Å². The molecule has 0 spiro atoms. The van der Waals surface area contributed by atoms with Gasteiger partial charge in [-0.2, -0.15) is 0 Å². The van der Waals surface area contributed by atoms with Gasteiger partial charge in [0.25, 0.3) is 0 Å². The van der Waals surface area contributed by atoms with Crippen molar-refractivity contribution in [3.63, 3.8) is 0 Å². The molecule has 0 radical (unpaired) electrons. The summed E-state index contributed by atoms with van der Waals surface area (Å²) in [5.41, 5.74) is -0.310. The maximum atomic E-state index is 12.7. The third-order valence-corrected chi connectivity index (χ3v) is 5.42. The van der Waals surface area contributed by atoms with E-state index < -0.39 is 0 Å². The van der Waals surface area contributed by atoms with Gasteiger partial charge in [-0.15, -0.1) is 10.2 Å². The fourth-order valence-corrected chi connectivity index (χ4v) is 4.06. The molecule has 3 rings (SSSR count). The molecule has 1 amide bonds. The maximum absolute atomic E-state index is 12.7. The van der Waals surface area contributed by atoms with E-state index in [4.69, 9.17) is 0 Å². The lowest BCUT2D eigenvalue weighted by atomic mass is 9.84. The van der Waals surface area contributed by atoms with Crippen LogP contribution in [0.25, 0.3) is 0 Å². The van der Waals surface area contributed by atoms with Crippen molar-refractivity contribution in [2.75, 3.05) is 27.2 Å². The molecule has 8 heteroatoms. The van der Waals surface area contributed by atoms with Crippen molar-refractivity contribution in [1.82, 2.24) is 30.3 Å². The lowest BCUT2D eigenvalue weighted by Gasteiger charge is -2.31. The number of hydrogen-bond donors (Lipinski definition) is 2. The summed E-state index contributed by atoms with van der Waals surface area (Å²) >= 11 is 0. The van der Waals surface area contributed by atoms with Crippen molar-refractivity contribution < 1.29 is 4.79 Å². The first kappa shape index (κ1) is 18.7. The van der Waals surface area contributed by atoms with E-state index >= 15 is 0 Å². The summed E-state index contributed by atoms with van der Waals surface area (Å²) in [7, 11) is 3.68. The second-order valence-electron chi connectivity index (χ2n) is 7.52. The molecule has 2 N–H and O–H groups in total. The molecule has 26 heavy (non-hydrogen) atoms. The van der Waals surface area contributed by atoms with E-state index in [1.807, 2.05) is 21.0 Å². The smallest absolute Gasteiger partial charge is 0.230 e. The first-order valence-corrected chi connectivity index (χ1v) is 9.70. The Morgan fingerprint density at radius 2 is 2.00 bits per heavy atom. The Kier molecular flexibility index (Phi) is 5.78. The third kappa shape index (κ3) is 3.83. The maximum Gasteiger partial charge on any atom is 0.230 e. The predicted octanol–water partition coefficient (Wildman–Crippen LogP) is 0.928. The molecule has 1 aromatic heterocycles. The van der Waals surface area contributed by atoms with Gasteiger partial charge in [0.1, 0.15) is 12.4 Å². The molecule has 0 bridgehead atoms. The zero-order valence-electron chi connectivity index (χ0n) is 16.2. The number of rotatable bonds is 6. The van der Waals surface area contributed by atoms with Crippen LogP contribution in [-0.4, -0.2) is 58.7 Å². The van der Waals surface area contributed by atoms with Crippen LogP contribution in [0.5, 0.6) is 0 Å². The summed E-state index contributed by atoms with van der Waals surface area (Å²) in [4.78, 5) is 19.1. The molecule has 2 aliphatic rings. The average molecular weight is 361 g/mol. The lowest BCUT2D eigenvalue weighted by molar-refractivity contribution is -0.138. The number of hydrogen-bond acceptors (Lipinski definition) is 4. The van der Waals surface area contributed by atoms with Crippen molar-refractivity contribution in [3.8, 4) is 0 Å². The van der Waals surface area contributed by atoms with E-state index in [0.717, 1.165) is 69.2 Å². The third-order valence-electron chi connectivity index (χ3n) is 5.42. The minimum absolute atomic E-state index is 0.216. The van der Waals surface area contributed by atoms with Gasteiger partial charge in [0, 0.05) is 40.2 Å². The fraction of sp³-hybridized carbons (Fsp3) is 0.778. The molecule has 2 heterocycles. The number of carbonyl (C=O) groups is 1. The van der Waals surface area contributed by atoms with Crippen molar-refractivity contribution >= 4 is 11.9 Å². The first-order chi connectivity index (χ1) is 12.6. The molecule has 1 aliphatic heterocycles. The first-order valence-electron chi connectivity index (χ1n) is 9.70. The number of nitrogens with zero attached hydrogens (tertiary/aromatic N) is 5. The molecule has 1 aliphatic carbocycles. The van der Waals surface area contributed by atoms with E-state index in [2.05, 4.69) is 30.4 Å². The molecule has 144 valence electrons. The van der Waals surface area contributed by atoms with E-state index in [-0.39, 0.29) is 11.3 Å². The number of fused-ring (bicyclic) bond motifs is 1. The number of guanidine groups is 1. The largest absolute Gasteiger partial charge is 0.357 e. The van der Waals surface area contributed by atoms with Crippen LogP contribution in [-0.2, 0) is 24.3 Å². The molecular weight excluding hydrogens is 330 g/mol. The lowest BCUT2D eigenvalue weighted by Crippen LogP contribution is -2.49. The van der Waals surface area contributed by atoms with Crippen molar-refractivity contribution in [1.29, 1.82) is 0 Å². The number of aromatic nitrogens is 3. The summed E-state index contributed by atoms with van der Waals surface area (Å²) in [6.07, 6.45) is 6.24. The number of aryl methyl sites for hydroxylation is 1. The molecule has 0 aromatic carbocycles. The molecule has 0 unspecified atom stereocenters. The van der Waals surface area contributed by atoms with Crippen LogP contribution in [0.3, 0.4) is 0 Å². The Labute approximate surface area is 155 Å². The highest BCUT2D eigenvalue weighted by Crippen LogP contribution is 2.38. The highest BCUT2D eigenvalue weighted by atomic mass is 16.2. The zero-order chi connectivity index (χ0) is 18.6. The van der Waals surface area contributed by atoms with Crippen molar-refractivity contribution in [2.45, 2.75) is 58.5 Å². The van der Waals surface area contributed by atoms with E-state index in [1.165, 1.54) is 0 Å². The van der Waals surface area contributed by atoms with Crippen LogP contribution < -0.4 is 10.6 Å². The van der Waals surface area contributed by atoms with Crippen LogP contribution in [0.4, 0.5) is 0 Å². The normalized spacial score (nSPS) is 18.7. The molecular formula is C18H31N7O. The van der Waals surface area contributed by atoms with Gasteiger partial charge >= 0.3 is 0 Å². The zero-order valence-corrected chi connectivity index (χ0v) is 16.2. The molecule has 0 saturated heterocycles. The highest BCUT2D eigenvalue weighted by Gasteiger charge is 2.42. The van der Waals surface area contributed by atoms with Gasteiger partial charge in [-0.05, 0) is 26.2 Å². The summed E-state index contributed by atoms with van der Waals surface area (Å²) in [6, 6.07) is 0. The second-order valence-corrected chi connectivity index (χ2v) is 7.52. The van der Waals surface area contributed by atoms with Gasteiger partial charge in [-0.1, -0.05) is 12.8 Å². The quantitative estimate of drug-likeness (QED) is 0.581. The van der Waals surface area contributed by atoms with Gasteiger partial charge in [0.05, 0.1) is 5.41 Å². The van der Waals surface area contributed by atoms with E-state index in [0.29, 0.717) is 13.1 Å². The molecule has 1 fully saturated rings. The van der Waals surface area contributed by atoms with Crippen molar-refractivity contribution in [2.24, 2.45) is 10.4 Å². The SMILES string of the molecule is CCNC(=NCc1nnc2n1CCC2)NCC1(C(=O)N(C)C)CCCC1.